The number of hydrogen-bond donors (Lipinski definition) is 0. The molecule has 1 aliphatic rings. The monoisotopic (exact) mass is 339 g/mol. The van der Waals surface area contributed by atoms with Crippen molar-refractivity contribution in [2.24, 2.45) is 5.41 Å². The van der Waals surface area contributed by atoms with Gasteiger partial charge in [0.25, 0.3) is 11.3 Å². The molecule has 1 unspecified atom stereocenters. The third-order valence-corrected chi connectivity index (χ3v) is 4.58. The third kappa shape index (κ3) is 3.97. The van der Waals surface area contributed by atoms with Crippen molar-refractivity contribution in [1.29, 1.82) is 0 Å². The van der Waals surface area contributed by atoms with E-state index in [4.69, 9.17) is 8.92 Å². The second kappa shape index (κ2) is 6.80. The Kier molecular flexibility index (Phi) is 5.21. The maximum Gasteiger partial charge on any atom is 0.333 e. The minimum atomic E-state index is -1.98. The molecule has 3 atom stereocenters. The van der Waals surface area contributed by atoms with Crippen molar-refractivity contribution >= 4 is 23.1 Å². The summed E-state index contributed by atoms with van der Waals surface area (Å²) < 4.78 is 23.5. The highest BCUT2D eigenvalue weighted by Gasteiger charge is 2.49. The molecule has 6 nitrogen and oxygen atoms in total. The Morgan fingerprint density at radius 1 is 1.26 bits per heavy atom. The van der Waals surface area contributed by atoms with E-state index in [1.165, 1.54) is 0 Å². The zero-order valence-electron chi connectivity index (χ0n) is 13.6. The summed E-state index contributed by atoms with van der Waals surface area (Å²) in [4.78, 5) is 24.8. The van der Waals surface area contributed by atoms with Crippen LogP contribution in [-0.2, 0) is 36.4 Å². The highest BCUT2D eigenvalue weighted by Crippen LogP contribution is 2.29. The number of carbonyl (C=O) groups excluding carboxylic acids is 2. The molecule has 126 valence electrons. The summed E-state index contributed by atoms with van der Waals surface area (Å²) in [6.07, 6.45) is -0.689. The molecule has 23 heavy (non-hydrogen) atoms. The van der Waals surface area contributed by atoms with Crippen LogP contribution in [0.15, 0.2) is 30.3 Å². The molecule has 0 saturated carbocycles. The topological polar surface area (TPSA) is 72.9 Å². The molecule has 1 saturated heterocycles. The van der Waals surface area contributed by atoms with Crippen LogP contribution in [-0.4, -0.2) is 32.5 Å². The summed E-state index contributed by atoms with van der Waals surface area (Å²) in [5.41, 5.74) is 0.0587. The summed E-state index contributed by atoms with van der Waals surface area (Å²) in [5.74, 6) is -1.04. The minimum Gasteiger partial charge on any atom is -0.459 e. The molecule has 1 aliphatic heterocycles. The van der Waals surface area contributed by atoms with E-state index in [1.54, 1.807) is 27.7 Å². The van der Waals surface area contributed by atoms with Crippen molar-refractivity contribution in [3.8, 4) is 0 Å². The van der Waals surface area contributed by atoms with Crippen molar-refractivity contribution in [3.63, 3.8) is 0 Å². The van der Waals surface area contributed by atoms with Gasteiger partial charge in [-0.05, 0) is 12.5 Å². The van der Waals surface area contributed by atoms with Crippen molar-refractivity contribution in [1.82, 2.24) is 4.31 Å². The van der Waals surface area contributed by atoms with E-state index >= 15 is 0 Å². The first kappa shape index (κ1) is 17.6. The molecule has 1 amide bonds. The number of nitrogens with zero attached hydrogens (tertiary/aromatic N) is 1. The Morgan fingerprint density at radius 3 is 2.43 bits per heavy atom. The number of amides is 1. The van der Waals surface area contributed by atoms with Crippen molar-refractivity contribution in [2.75, 3.05) is 0 Å². The molecule has 1 heterocycles. The molecule has 2 rings (SSSR count). The number of hydrogen-bond acceptors (Lipinski definition) is 5. The van der Waals surface area contributed by atoms with Crippen molar-refractivity contribution in [3.05, 3.63) is 35.9 Å². The molecule has 7 heteroatoms. The fourth-order valence-corrected chi connectivity index (χ4v) is 3.45. The highest BCUT2D eigenvalue weighted by atomic mass is 32.2. The zero-order chi connectivity index (χ0) is 17.2. The Balaban J connectivity index is 2.12. The van der Waals surface area contributed by atoms with E-state index in [2.05, 4.69) is 0 Å². The fourth-order valence-electron chi connectivity index (χ4n) is 2.14. The molecule has 1 aromatic carbocycles. The minimum absolute atomic E-state index is 0.0904. The second-order valence-electron chi connectivity index (χ2n) is 6.44. The lowest BCUT2D eigenvalue weighted by Crippen LogP contribution is -2.49. The lowest BCUT2D eigenvalue weighted by molar-refractivity contribution is -0.155. The number of ether oxygens (including phenoxy) is 1. The summed E-state index contributed by atoms with van der Waals surface area (Å²) in [6, 6.07) is 8.21. The van der Waals surface area contributed by atoms with Crippen LogP contribution in [0.3, 0.4) is 0 Å². The largest absolute Gasteiger partial charge is 0.459 e. The van der Waals surface area contributed by atoms with E-state index in [1.807, 2.05) is 30.3 Å². The predicted molar refractivity (Wildman–Crippen MR) is 85.0 cm³/mol. The Morgan fingerprint density at radius 2 is 1.87 bits per heavy atom. The molecule has 0 N–H and O–H groups in total. The Labute approximate surface area is 138 Å². The van der Waals surface area contributed by atoms with E-state index in [-0.39, 0.29) is 6.61 Å². The SMILES string of the molecule is C[C@H]1OS(=O)N(C(=O)C(C)(C)C)[C@@H]1C(=O)OCc1ccccc1. The van der Waals surface area contributed by atoms with Gasteiger partial charge >= 0.3 is 5.97 Å². The smallest absolute Gasteiger partial charge is 0.333 e. The summed E-state index contributed by atoms with van der Waals surface area (Å²) >= 11 is -1.98. The van der Waals surface area contributed by atoms with E-state index in [9.17, 15) is 13.8 Å². The van der Waals surface area contributed by atoms with Gasteiger partial charge < -0.3 is 4.74 Å². The van der Waals surface area contributed by atoms with Crippen molar-refractivity contribution in [2.45, 2.75) is 46.4 Å². The summed E-state index contributed by atoms with van der Waals surface area (Å²) in [6.45, 7) is 6.78. The lowest BCUT2D eigenvalue weighted by atomic mass is 9.95. The van der Waals surface area contributed by atoms with Gasteiger partial charge in [-0.15, -0.1) is 0 Å². The van der Waals surface area contributed by atoms with Gasteiger partial charge in [-0.1, -0.05) is 51.1 Å². The van der Waals surface area contributed by atoms with Gasteiger partial charge in [-0.25, -0.2) is 13.3 Å². The lowest BCUT2D eigenvalue weighted by Gasteiger charge is -2.27. The predicted octanol–water partition coefficient (Wildman–Crippen LogP) is 1.97. The normalized spacial score (nSPS) is 24.5. The van der Waals surface area contributed by atoms with Crippen LogP contribution in [0.2, 0.25) is 0 Å². The van der Waals surface area contributed by atoms with Gasteiger partial charge in [0.15, 0.2) is 6.04 Å². The molecule has 1 aromatic rings. The molecule has 0 aliphatic carbocycles. The second-order valence-corrected chi connectivity index (χ2v) is 7.46. The molecule has 1 fully saturated rings. The number of rotatable bonds is 3. The molecule has 0 radical (unpaired) electrons. The zero-order valence-corrected chi connectivity index (χ0v) is 14.5. The van der Waals surface area contributed by atoms with Gasteiger partial charge in [0.05, 0.1) is 0 Å². The van der Waals surface area contributed by atoms with Gasteiger partial charge in [0, 0.05) is 5.41 Å². The number of benzene rings is 1. The first-order chi connectivity index (χ1) is 10.7. The van der Waals surface area contributed by atoms with Gasteiger partial charge in [0.2, 0.25) is 5.91 Å². The van der Waals surface area contributed by atoms with E-state index < -0.39 is 40.7 Å². The van der Waals surface area contributed by atoms with Crippen LogP contribution in [0.4, 0.5) is 0 Å². The fraction of sp³-hybridized carbons (Fsp3) is 0.500. The van der Waals surface area contributed by atoms with Gasteiger partial charge in [-0.3, -0.25) is 8.98 Å². The quantitative estimate of drug-likeness (QED) is 0.787. The third-order valence-electron chi connectivity index (χ3n) is 3.40. The summed E-state index contributed by atoms with van der Waals surface area (Å²) in [5, 5.41) is 0. The highest BCUT2D eigenvalue weighted by molar-refractivity contribution is 7.78. The van der Waals surface area contributed by atoms with Crippen LogP contribution in [0.5, 0.6) is 0 Å². The number of carbonyl (C=O) groups is 2. The number of esters is 1. The first-order valence-electron chi connectivity index (χ1n) is 7.35. The average Bonchev–Trinajstić information content (AvgIpc) is 2.78. The van der Waals surface area contributed by atoms with Crippen LogP contribution >= 0.6 is 0 Å². The molecule has 0 bridgehead atoms. The Bertz CT molecular complexity index is 611. The van der Waals surface area contributed by atoms with Gasteiger partial charge in [0.1, 0.15) is 12.7 Å². The molecule has 0 spiro atoms. The maximum absolute atomic E-state index is 12.5. The van der Waals surface area contributed by atoms with E-state index in [0.29, 0.717) is 0 Å². The summed E-state index contributed by atoms with van der Waals surface area (Å²) in [7, 11) is 0. The molecular weight excluding hydrogens is 318 g/mol. The average molecular weight is 339 g/mol. The van der Waals surface area contributed by atoms with Crippen molar-refractivity contribution < 1.29 is 22.7 Å². The maximum atomic E-state index is 12.5. The van der Waals surface area contributed by atoms with Gasteiger partial charge in [-0.2, -0.15) is 0 Å². The molecular formula is C16H21NO5S. The van der Waals surface area contributed by atoms with Crippen LogP contribution in [0, 0.1) is 5.41 Å². The van der Waals surface area contributed by atoms with Crippen LogP contribution in [0.25, 0.3) is 0 Å². The van der Waals surface area contributed by atoms with Crippen LogP contribution < -0.4 is 0 Å². The van der Waals surface area contributed by atoms with Crippen LogP contribution in [0.1, 0.15) is 33.3 Å². The Hall–Kier alpha value is -1.73. The standard InChI is InChI=1S/C16H21NO5S/c1-11-13(14(18)21-10-12-8-6-5-7-9-12)17(23(20)22-11)15(19)16(2,3)4/h5-9,11,13H,10H2,1-4H3/t11-,13+,23?/m1/s1. The first-order valence-corrected chi connectivity index (χ1v) is 8.38. The molecule has 0 aromatic heterocycles. The van der Waals surface area contributed by atoms with E-state index in [0.717, 1.165) is 9.87 Å².